The van der Waals surface area contributed by atoms with Crippen LogP contribution in [0.25, 0.3) is 0 Å². The highest BCUT2D eigenvalue weighted by Gasteiger charge is 2.48. The number of hydrogen-bond donors (Lipinski definition) is 4. The van der Waals surface area contributed by atoms with Crippen LogP contribution in [0.15, 0.2) is 65.2 Å². The highest BCUT2D eigenvalue weighted by molar-refractivity contribution is 7.86. The van der Waals surface area contributed by atoms with Crippen molar-refractivity contribution in [2.24, 2.45) is 0 Å². The van der Waals surface area contributed by atoms with Gasteiger partial charge in [-0.25, -0.2) is 4.79 Å². The monoisotopic (exact) mass is 863 g/mol. The van der Waals surface area contributed by atoms with E-state index in [-0.39, 0.29) is 67.2 Å². The Labute approximate surface area is 340 Å². The van der Waals surface area contributed by atoms with E-state index in [9.17, 15) is 58.4 Å². The number of carbonyl (C=O) groups is 3. The van der Waals surface area contributed by atoms with Crippen molar-refractivity contribution in [2.75, 3.05) is 29.5 Å². The number of Topliss-reactive ketones (excluding diaryl/α,β-unsaturated/α-hetero) is 2. The SMILES string of the molecule is CCCC(=O)c1cc(C(=O)CCC)c2c(c1)[N+](CCCS(=O)(=O)O)=C(/C=C/C=C/C=C1/N(CCCS(=O)(=O)O)c3cc(S(=O)(=O)O)cc(C(=O)O)c3C1(C)C)C2(C)C. The Balaban J connectivity index is 1.86. The Morgan fingerprint density at radius 3 is 1.91 bits per heavy atom. The highest BCUT2D eigenvalue weighted by atomic mass is 32.2. The van der Waals surface area contributed by atoms with Gasteiger partial charge in [-0.2, -0.15) is 29.8 Å². The average Bonchev–Trinajstić information content (AvgIpc) is 3.44. The highest BCUT2D eigenvalue weighted by Crippen LogP contribution is 2.50. The molecular weight excluding hydrogens is 813 g/mol. The molecule has 0 fully saturated rings. The zero-order chi connectivity index (χ0) is 43.6. The summed E-state index contributed by atoms with van der Waals surface area (Å²) in [6.07, 6.45) is 10.0. The Kier molecular flexibility index (Phi) is 14.0. The summed E-state index contributed by atoms with van der Waals surface area (Å²) in [5.74, 6) is -2.88. The number of anilines is 1. The standard InChI is InChI=1S/C40H50N2O13S3/c1-7-14-32(43)26-22-28(33(44)15-8-2)36-30(23-26)41(18-12-20-56(47,48)49)34(39(36,3)4)16-10-9-11-17-35-40(5,6)37-29(38(45)46)24-27(58(53,54)55)25-31(37)42(35)19-13-21-57(50,51)52/h9-11,16-17,22-25H,7-8,12-15,18-21H2,1-6H3,(H3-,45,46,47,48,49,50,51,52,53,54,55)/p+1. The van der Waals surface area contributed by atoms with E-state index in [0.717, 1.165) is 12.1 Å². The van der Waals surface area contributed by atoms with Crippen molar-refractivity contribution in [3.63, 3.8) is 0 Å². The summed E-state index contributed by atoms with van der Waals surface area (Å²) in [7, 11) is -13.5. The van der Waals surface area contributed by atoms with Gasteiger partial charge < -0.3 is 10.0 Å². The maximum absolute atomic E-state index is 13.6. The van der Waals surface area contributed by atoms with Gasteiger partial charge >= 0.3 is 5.97 Å². The molecule has 0 unspecified atom stereocenters. The van der Waals surface area contributed by atoms with Crippen molar-refractivity contribution in [1.29, 1.82) is 0 Å². The number of fused-ring (bicyclic) bond motifs is 2. The molecule has 2 aliphatic rings. The summed E-state index contributed by atoms with van der Waals surface area (Å²) in [5, 5.41) is 10.1. The summed E-state index contributed by atoms with van der Waals surface area (Å²) >= 11 is 0. The molecule has 4 N–H and O–H groups in total. The Hall–Kier alpha value is -4.33. The van der Waals surface area contributed by atoms with Crippen molar-refractivity contribution in [3.8, 4) is 0 Å². The summed E-state index contributed by atoms with van der Waals surface area (Å²) in [6, 6.07) is 5.34. The number of nitrogens with zero attached hydrogens (tertiary/aromatic N) is 2. The Morgan fingerprint density at radius 2 is 1.34 bits per heavy atom. The number of rotatable bonds is 19. The van der Waals surface area contributed by atoms with Gasteiger partial charge in [0.15, 0.2) is 17.3 Å². The molecule has 0 saturated heterocycles. The summed E-state index contributed by atoms with van der Waals surface area (Å²) in [6.45, 7) is 11.0. The fourth-order valence-corrected chi connectivity index (χ4v) is 9.35. The van der Waals surface area contributed by atoms with Crippen molar-refractivity contribution in [3.05, 3.63) is 88.2 Å². The van der Waals surface area contributed by atoms with Crippen LogP contribution in [-0.4, -0.2) is 96.4 Å². The van der Waals surface area contributed by atoms with Gasteiger partial charge in [-0.05, 0) is 57.4 Å². The molecule has 0 radical (unpaired) electrons. The summed E-state index contributed by atoms with van der Waals surface area (Å²) in [5.41, 5.74) is 1.21. The van der Waals surface area contributed by atoms with Crippen LogP contribution in [-0.2, 0) is 41.2 Å². The molecule has 0 bridgehead atoms. The van der Waals surface area contributed by atoms with E-state index in [4.69, 9.17) is 0 Å². The molecule has 18 heteroatoms. The smallest absolute Gasteiger partial charge is 0.336 e. The van der Waals surface area contributed by atoms with E-state index in [1.54, 1.807) is 61.3 Å². The second-order valence-electron chi connectivity index (χ2n) is 15.4. The topological polar surface area (TPSA) is 241 Å². The normalized spacial score (nSPS) is 17.1. The number of ketones is 2. The molecule has 4 rings (SSSR count). The molecule has 2 aromatic carbocycles. The van der Waals surface area contributed by atoms with Gasteiger partial charge in [0.2, 0.25) is 5.69 Å². The lowest BCUT2D eigenvalue weighted by Crippen LogP contribution is -2.29. The zero-order valence-corrected chi connectivity index (χ0v) is 35.8. The second-order valence-corrected chi connectivity index (χ2v) is 20.0. The van der Waals surface area contributed by atoms with Crippen molar-refractivity contribution >= 4 is 65.0 Å². The third kappa shape index (κ3) is 10.3. The van der Waals surface area contributed by atoms with Crippen molar-refractivity contribution in [1.82, 2.24) is 0 Å². The van der Waals surface area contributed by atoms with E-state index in [1.165, 1.54) is 0 Å². The Bertz CT molecular complexity index is 2480. The van der Waals surface area contributed by atoms with Crippen LogP contribution in [0.5, 0.6) is 0 Å². The van der Waals surface area contributed by atoms with Gasteiger partial charge in [-0.1, -0.05) is 45.9 Å². The molecule has 2 aromatic rings. The van der Waals surface area contributed by atoms with Crippen LogP contribution in [0, 0.1) is 0 Å². The second kappa shape index (κ2) is 17.5. The minimum atomic E-state index is -4.85. The number of hydrogen-bond acceptors (Lipinski definition) is 10. The number of benzene rings is 2. The van der Waals surface area contributed by atoms with Crippen LogP contribution in [0.1, 0.15) is 122 Å². The van der Waals surface area contributed by atoms with Crippen molar-refractivity contribution < 1.29 is 63.0 Å². The molecule has 15 nitrogen and oxygen atoms in total. The number of carboxylic acid groups (broad SMARTS) is 1. The minimum Gasteiger partial charge on any atom is -0.478 e. The maximum Gasteiger partial charge on any atom is 0.336 e. The first-order valence-corrected chi connectivity index (χ1v) is 23.4. The van der Waals surface area contributed by atoms with E-state index in [2.05, 4.69) is 0 Å². The lowest BCUT2D eigenvalue weighted by atomic mass is 9.77. The number of allylic oxidation sites excluding steroid dienone is 6. The molecule has 2 aliphatic heterocycles. The average molecular weight is 864 g/mol. The van der Waals surface area contributed by atoms with Crippen LogP contribution in [0.4, 0.5) is 11.4 Å². The summed E-state index contributed by atoms with van der Waals surface area (Å²) < 4.78 is 102. The molecule has 316 valence electrons. The molecule has 0 aliphatic carbocycles. The van der Waals surface area contributed by atoms with Crippen molar-refractivity contribution in [2.45, 2.75) is 95.8 Å². The zero-order valence-electron chi connectivity index (χ0n) is 33.3. The third-order valence-corrected chi connectivity index (χ3v) is 12.7. The van der Waals surface area contributed by atoms with E-state index in [1.807, 2.05) is 32.3 Å². The maximum atomic E-state index is 13.6. The first kappa shape index (κ1) is 46.4. The molecule has 0 atom stereocenters. The quantitative estimate of drug-likeness (QED) is 0.0523. The van der Waals surface area contributed by atoms with E-state index in [0.29, 0.717) is 46.6 Å². The van der Waals surface area contributed by atoms with Gasteiger partial charge in [-0.15, -0.1) is 0 Å². The van der Waals surface area contributed by atoms with Crippen LogP contribution >= 0.6 is 0 Å². The lowest BCUT2D eigenvalue weighted by molar-refractivity contribution is -0.437. The van der Waals surface area contributed by atoms with Crippen LogP contribution in [0.3, 0.4) is 0 Å². The molecular formula is C40H51N2O13S3+. The minimum absolute atomic E-state index is 0.0275. The molecule has 0 amide bonds. The van der Waals surface area contributed by atoms with Crippen LogP contribution < -0.4 is 4.90 Å². The lowest BCUT2D eigenvalue weighted by Gasteiger charge is -2.27. The Morgan fingerprint density at radius 1 is 0.741 bits per heavy atom. The molecule has 2 heterocycles. The van der Waals surface area contributed by atoms with E-state index >= 15 is 0 Å². The molecule has 0 aromatic heterocycles. The van der Waals surface area contributed by atoms with Gasteiger partial charge in [0.25, 0.3) is 30.4 Å². The first-order valence-electron chi connectivity index (χ1n) is 18.8. The number of aromatic carboxylic acids is 1. The third-order valence-electron chi connectivity index (χ3n) is 10.3. The van der Waals surface area contributed by atoms with Gasteiger partial charge in [0.05, 0.1) is 32.9 Å². The molecule has 58 heavy (non-hydrogen) atoms. The molecule has 0 saturated carbocycles. The fourth-order valence-electron chi connectivity index (χ4n) is 7.84. The predicted molar refractivity (Wildman–Crippen MR) is 220 cm³/mol. The number of carboxylic acids is 1. The summed E-state index contributed by atoms with van der Waals surface area (Å²) in [4.78, 5) is 40.1. The van der Waals surface area contributed by atoms with E-state index < -0.39 is 63.6 Å². The van der Waals surface area contributed by atoms with Gasteiger partial charge in [-0.3, -0.25) is 23.2 Å². The fraction of sp³-hybridized carbons (Fsp3) is 0.450. The van der Waals surface area contributed by atoms with Crippen LogP contribution in [0.2, 0.25) is 0 Å². The number of carbonyl (C=O) groups excluding carboxylic acids is 2. The largest absolute Gasteiger partial charge is 0.478 e. The van der Waals surface area contributed by atoms with Gasteiger partial charge in [0, 0.05) is 71.4 Å². The van der Waals surface area contributed by atoms with Gasteiger partial charge in [0.1, 0.15) is 6.54 Å². The predicted octanol–water partition coefficient (Wildman–Crippen LogP) is 6.32. The molecule has 0 spiro atoms. The first-order chi connectivity index (χ1) is 26.8.